The number of carbonyl (C=O) groups excluding carboxylic acids is 1. The van der Waals surface area contributed by atoms with Crippen LogP contribution in [-0.2, 0) is 14.6 Å². The summed E-state index contributed by atoms with van der Waals surface area (Å²) in [6, 6.07) is -0.375. The van der Waals surface area contributed by atoms with Crippen molar-refractivity contribution in [1.29, 1.82) is 0 Å². The quantitative estimate of drug-likeness (QED) is 0.641. The van der Waals surface area contributed by atoms with Crippen LogP contribution < -0.4 is 10.6 Å². The summed E-state index contributed by atoms with van der Waals surface area (Å²) in [5, 5.41) is 14.0. The number of rotatable bonds is 7. The molecule has 21 heavy (non-hydrogen) atoms. The van der Waals surface area contributed by atoms with Crippen molar-refractivity contribution in [1.82, 2.24) is 10.6 Å². The first-order valence-corrected chi connectivity index (χ1v) is 8.92. The lowest BCUT2D eigenvalue weighted by atomic mass is 10.0. The molecular weight excluding hydrogens is 296 g/mol. The van der Waals surface area contributed by atoms with Gasteiger partial charge in [0, 0.05) is 13.0 Å². The fourth-order valence-electron chi connectivity index (χ4n) is 2.37. The molecule has 1 fully saturated rings. The first-order chi connectivity index (χ1) is 9.62. The minimum atomic E-state index is -3.05. The Labute approximate surface area is 125 Å². The van der Waals surface area contributed by atoms with Crippen LogP contribution in [0.3, 0.4) is 0 Å². The van der Waals surface area contributed by atoms with Gasteiger partial charge in [-0.2, -0.15) is 0 Å². The lowest BCUT2D eigenvalue weighted by Crippen LogP contribution is -2.51. The van der Waals surface area contributed by atoms with Gasteiger partial charge in [0.25, 0.3) is 0 Å². The number of amides is 2. The summed E-state index contributed by atoms with van der Waals surface area (Å²) in [7, 11) is -3.05. The molecule has 2 amide bonds. The summed E-state index contributed by atoms with van der Waals surface area (Å²) in [6.07, 6.45) is 1.82. The molecule has 0 aromatic rings. The number of carbonyl (C=O) groups is 2. The maximum Gasteiger partial charge on any atom is 0.315 e. The number of hydrogen-bond acceptors (Lipinski definition) is 4. The Morgan fingerprint density at radius 2 is 2.00 bits per heavy atom. The number of urea groups is 1. The molecule has 0 spiro atoms. The third-order valence-corrected chi connectivity index (χ3v) is 5.60. The van der Waals surface area contributed by atoms with Crippen LogP contribution in [0.2, 0.25) is 0 Å². The van der Waals surface area contributed by atoms with E-state index >= 15 is 0 Å². The van der Waals surface area contributed by atoms with Gasteiger partial charge < -0.3 is 15.7 Å². The van der Waals surface area contributed by atoms with Gasteiger partial charge in [0.15, 0.2) is 9.84 Å². The van der Waals surface area contributed by atoms with E-state index in [9.17, 15) is 18.0 Å². The van der Waals surface area contributed by atoms with E-state index in [0.717, 1.165) is 0 Å². The number of carboxylic acids is 1. The number of aliphatic carboxylic acids is 1. The molecule has 2 atom stereocenters. The van der Waals surface area contributed by atoms with Crippen molar-refractivity contribution in [3.63, 3.8) is 0 Å². The molecule has 0 aliphatic carbocycles. The summed E-state index contributed by atoms with van der Waals surface area (Å²) >= 11 is 0. The Kier molecular flexibility index (Phi) is 6.00. The molecule has 2 unspecified atom stereocenters. The zero-order valence-electron chi connectivity index (χ0n) is 12.5. The summed E-state index contributed by atoms with van der Waals surface area (Å²) in [5.74, 6) is -0.523. The highest BCUT2D eigenvalue weighted by atomic mass is 32.2. The van der Waals surface area contributed by atoms with Gasteiger partial charge in [0.2, 0.25) is 0 Å². The monoisotopic (exact) mass is 320 g/mol. The Hall–Kier alpha value is -1.31. The average Bonchev–Trinajstić information content (AvgIpc) is 2.60. The van der Waals surface area contributed by atoms with Gasteiger partial charge in [-0.05, 0) is 32.1 Å². The van der Waals surface area contributed by atoms with Crippen LogP contribution >= 0.6 is 0 Å². The molecule has 3 N–H and O–H groups in total. The van der Waals surface area contributed by atoms with Crippen molar-refractivity contribution in [2.75, 3.05) is 18.1 Å². The molecule has 1 aliphatic heterocycles. The Balaban J connectivity index is 2.24. The highest BCUT2D eigenvalue weighted by molar-refractivity contribution is 7.91. The zero-order chi connectivity index (χ0) is 16.1. The lowest BCUT2D eigenvalue weighted by Gasteiger charge is -2.24. The second kappa shape index (κ2) is 7.11. The second-order valence-corrected chi connectivity index (χ2v) is 8.29. The van der Waals surface area contributed by atoms with Crippen molar-refractivity contribution in [3.8, 4) is 0 Å². The fourth-order valence-corrected chi connectivity index (χ4v) is 4.47. The number of hydrogen-bond donors (Lipinski definition) is 3. The van der Waals surface area contributed by atoms with Crippen molar-refractivity contribution >= 4 is 21.8 Å². The van der Waals surface area contributed by atoms with E-state index in [0.29, 0.717) is 25.8 Å². The van der Waals surface area contributed by atoms with Gasteiger partial charge in [-0.25, -0.2) is 13.2 Å². The van der Waals surface area contributed by atoms with E-state index < -0.39 is 21.3 Å². The molecule has 1 rings (SSSR count). The summed E-state index contributed by atoms with van der Waals surface area (Å²) in [6.45, 7) is 4.11. The largest absolute Gasteiger partial charge is 0.481 e. The maximum absolute atomic E-state index is 11.8. The zero-order valence-corrected chi connectivity index (χ0v) is 13.3. The summed E-state index contributed by atoms with van der Waals surface area (Å²) in [5.41, 5.74) is -0.697. The van der Waals surface area contributed by atoms with Gasteiger partial charge in [0.05, 0.1) is 17.0 Å². The Morgan fingerprint density at radius 3 is 2.52 bits per heavy atom. The number of sulfone groups is 1. The van der Waals surface area contributed by atoms with Crippen LogP contribution in [0, 0.1) is 5.92 Å². The fraction of sp³-hybridized carbons (Fsp3) is 0.846. The minimum Gasteiger partial charge on any atom is -0.481 e. The normalized spacial score (nSPS) is 25.2. The average molecular weight is 320 g/mol. The van der Waals surface area contributed by atoms with Crippen molar-refractivity contribution in [3.05, 3.63) is 0 Å². The second-order valence-electron chi connectivity index (χ2n) is 6.11. The first kappa shape index (κ1) is 17.7. The van der Waals surface area contributed by atoms with Gasteiger partial charge in [-0.1, -0.05) is 6.92 Å². The molecule has 1 aliphatic rings. The van der Waals surface area contributed by atoms with Crippen LogP contribution in [0.25, 0.3) is 0 Å². The maximum atomic E-state index is 11.8. The molecule has 1 heterocycles. The van der Waals surface area contributed by atoms with E-state index in [-0.39, 0.29) is 29.9 Å². The molecule has 0 bridgehead atoms. The molecule has 0 aromatic carbocycles. The molecular formula is C13H24N2O5S. The van der Waals surface area contributed by atoms with Crippen LogP contribution in [-0.4, -0.2) is 49.1 Å². The van der Waals surface area contributed by atoms with E-state index in [4.69, 9.17) is 5.11 Å². The van der Waals surface area contributed by atoms with Gasteiger partial charge in [0.1, 0.15) is 0 Å². The SMILES string of the molecule is CC(CCNC(=O)NC1(C)CCS(=O)(=O)C1)CCC(=O)O. The summed E-state index contributed by atoms with van der Waals surface area (Å²) < 4.78 is 22.9. The highest BCUT2D eigenvalue weighted by Crippen LogP contribution is 2.22. The van der Waals surface area contributed by atoms with Crippen LogP contribution in [0.1, 0.15) is 39.5 Å². The first-order valence-electron chi connectivity index (χ1n) is 7.10. The van der Waals surface area contributed by atoms with Gasteiger partial charge in [-0.3, -0.25) is 4.79 Å². The van der Waals surface area contributed by atoms with Crippen molar-refractivity contribution in [2.45, 2.75) is 45.1 Å². The predicted octanol–water partition coefficient (Wildman–Crippen LogP) is 0.754. The third-order valence-electron chi connectivity index (χ3n) is 3.69. The number of carboxylic acid groups (broad SMARTS) is 1. The van der Waals surface area contributed by atoms with Crippen molar-refractivity contribution in [2.24, 2.45) is 5.92 Å². The van der Waals surface area contributed by atoms with E-state index in [2.05, 4.69) is 10.6 Å². The Bertz CT molecular complexity index is 491. The minimum absolute atomic E-state index is 0.0254. The molecule has 0 saturated carbocycles. The van der Waals surface area contributed by atoms with Crippen molar-refractivity contribution < 1.29 is 23.1 Å². The third kappa shape index (κ3) is 6.79. The van der Waals surface area contributed by atoms with Crippen LogP contribution in [0.5, 0.6) is 0 Å². The van der Waals surface area contributed by atoms with Crippen LogP contribution in [0.4, 0.5) is 4.79 Å². The molecule has 0 aromatic heterocycles. The molecule has 0 radical (unpaired) electrons. The smallest absolute Gasteiger partial charge is 0.315 e. The molecule has 122 valence electrons. The van der Waals surface area contributed by atoms with Gasteiger partial charge >= 0.3 is 12.0 Å². The topological polar surface area (TPSA) is 113 Å². The van der Waals surface area contributed by atoms with Crippen LogP contribution in [0.15, 0.2) is 0 Å². The Morgan fingerprint density at radius 1 is 1.33 bits per heavy atom. The summed E-state index contributed by atoms with van der Waals surface area (Å²) in [4.78, 5) is 22.2. The molecule has 8 heteroatoms. The van der Waals surface area contributed by atoms with E-state index in [1.54, 1.807) is 6.92 Å². The highest BCUT2D eigenvalue weighted by Gasteiger charge is 2.39. The predicted molar refractivity (Wildman–Crippen MR) is 78.9 cm³/mol. The molecule has 1 saturated heterocycles. The van der Waals surface area contributed by atoms with Gasteiger partial charge in [-0.15, -0.1) is 0 Å². The number of nitrogens with one attached hydrogen (secondary N) is 2. The van der Waals surface area contributed by atoms with E-state index in [1.165, 1.54) is 0 Å². The lowest BCUT2D eigenvalue weighted by molar-refractivity contribution is -0.137. The molecule has 7 nitrogen and oxygen atoms in total. The standard InChI is InChI=1S/C13H24N2O5S/c1-10(3-4-11(16)17)5-7-14-12(18)15-13(2)6-8-21(19,20)9-13/h10H,3-9H2,1-2H3,(H,16,17)(H2,14,15,18). The van der Waals surface area contributed by atoms with E-state index in [1.807, 2.05) is 6.92 Å².